The number of ketones is 1. The maximum atomic E-state index is 14.7. The zero-order valence-corrected chi connectivity index (χ0v) is 25.4. The van der Waals surface area contributed by atoms with Crippen molar-refractivity contribution < 1.29 is 24.9 Å². The summed E-state index contributed by atoms with van der Waals surface area (Å²) in [6.45, 7) is 6.67. The van der Waals surface area contributed by atoms with Gasteiger partial charge in [-0.05, 0) is 22.8 Å². The Hall–Kier alpha value is -3.82. The van der Waals surface area contributed by atoms with Gasteiger partial charge in [-0.15, -0.1) is 0 Å². The van der Waals surface area contributed by atoms with Crippen LogP contribution < -0.4 is 10.5 Å². The lowest BCUT2D eigenvalue weighted by Gasteiger charge is -2.37. The van der Waals surface area contributed by atoms with Crippen molar-refractivity contribution in [1.29, 1.82) is 0 Å². The molecule has 3 aromatic carbocycles. The second-order valence-corrected chi connectivity index (χ2v) is 12.4. The summed E-state index contributed by atoms with van der Waals surface area (Å²) >= 11 is 0. The Morgan fingerprint density at radius 1 is 0.860 bits per heavy atom. The molecule has 6 N–H and O–H groups in total. The third-order valence-corrected chi connectivity index (χ3v) is 8.57. The number of aromatic amines is 1. The second kappa shape index (κ2) is 13.2. The average molecular weight is 586 g/mol. The Morgan fingerprint density at radius 2 is 1.42 bits per heavy atom. The number of aliphatic hydroxyl groups is 3. The summed E-state index contributed by atoms with van der Waals surface area (Å²) in [6, 6.07) is 22.7. The number of carbonyl (C=O) groups is 1. The second-order valence-electron chi connectivity index (χ2n) is 12.4. The minimum absolute atomic E-state index is 0.163. The van der Waals surface area contributed by atoms with E-state index < -0.39 is 42.1 Å². The maximum Gasteiger partial charge on any atom is 0.180 e. The minimum atomic E-state index is -1.27. The first-order chi connectivity index (χ1) is 20.5. The molecule has 8 heteroatoms. The minimum Gasteiger partial charge on any atom is -0.492 e. The predicted molar refractivity (Wildman–Crippen MR) is 167 cm³/mol. The molecule has 0 unspecified atom stereocenters. The third kappa shape index (κ3) is 6.58. The van der Waals surface area contributed by atoms with Gasteiger partial charge < -0.3 is 30.8 Å². The highest BCUT2D eigenvalue weighted by molar-refractivity contribution is 6.04. The molecule has 4 aromatic rings. The van der Waals surface area contributed by atoms with Gasteiger partial charge in [-0.3, -0.25) is 4.79 Å². The van der Waals surface area contributed by atoms with E-state index in [2.05, 4.69) is 23.8 Å². The van der Waals surface area contributed by atoms with Crippen LogP contribution in [0.1, 0.15) is 66.0 Å². The Balaban J connectivity index is 2.00. The van der Waals surface area contributed by atoms with Crippen molar-refractivity contribution >= 4 is 5.78 Å². The zero-order chi connectivity index (χ0) is 31.3. The van der Waals surface area contributed by atoms with E-state index in [1.165, 1.54) is 0 Å². The van der Waals surface area contributed by atoms with E-state index in [4.69, 9.17) is 10.5 Å². The maximum absolute atomic E-state index is 14.7. The summed E-state index contributed by atoms with van der Waals surface area (Å²) in [5, 5.41) is 30.0. The van der Waals surface area contributed by atoms with Crippen molar-refractivity contribution in [2.45, 2.75) is 51.0 Å². The number of carbonyl (C=O) groups excluding carboxylic acids is 1. The fraction of sp³-hybridized carbons (Fsp3) is 0.371. The topological polar surface area (TPSA) is 142 Å². The van der Waals surface area contributed by atoms with E-state index >= 15 is 0 Å². The highest BCUT2D eigenvalue weighted by Gasteiger charge is 2.39. The molecule has 1 aromatic heterocycles. The monoisotopic (exact) mass is 585 g/mol. The van der Waals surface area contributed by atoms with Crippen LogP contribution in [0.25, 0.3) is 0 Å². The van der Waals surface area contributed by atoms with Crippen LogP contribution in [0, 0.1) is 5.41 Å². The van der Waals surface area contributed by atoms with Crippen LogP contribution in [0.15, 0.2) is 85.3 Å². The molecule has 0 aliphatic rings. The lowest BCUT2D eigenvalue weighted by Crippen LogP contribution is -2.41. The number of nitrogens with zero attached hydrogens (tertiary/aromatic N) is 1. The number of aliphatic hydroxyl groups excluding tert-OH is 3. The van der Waals surface area contributed by atoms with E-state index in [1.54, 1.807) is 12.5 Å². The first-order valence-electron chi connectivity index (χ1n) is 14.5. The molecular weight excluding hydrogens is 542 g/mol. The van der Waals surface area contributed by atoms with E-state index in [0.717, 1.165) is 22.4 Å². The summed E-state index contributed by atoms with van der Waals surface area (Å²) in [6.07, 6.45) is 3.49. The number of aromatic nitrogens is 2. The summed E-state index contributed by atoms with van der Waals surface area (Å²) in [5.41, 5.74) is 8.72. The summed E-state index contributed by atoms with van der Waals surface area (Å²) in [5.74, 6) is 0.175. The molecule has 8 nitrogen and oxygen atoms in total. The van der Waals surface area contributed by atoms with Gasteiger partial charge in [-0.25, -0.2) is 4.98 Å². The highest BCUT2D eigenvalue weighted by atomic mass is 16.5. The number of imidazole rings is 1. The lowest BCUT2D eigenvalue weighted by molar-refractivity contribution is -0.0262. The van der Waals surface area contributed by atoms with Gasteiger partial charge in [-0.1, -0.05) is 94.4 Å². The van der Waals surface area contributed by atoms with Crippen LogP contribution in [0.3, 0.4) is 0 Å². The van der Waals surface area contributed by atoms with E-state index in [1.807, 2.05) is 86.6 Å². The number of nitrogens with one attached hydrogen (secondary N) is 1. The van der Waals surface area contributed by atoms with Gasteiger partial charge in [0, 0.05) is 40.3 Å². The van der Waals surface area contributed by atoms with Gasteiger partial charge in [0.05, 0.1) is 37.6 Å². The van der Waals surface area contributed by atoms with Crippen molar-refractivity contribution in [1.82, 2.24) is 9.97 Å². The van der Waals surface area contributed by atoms with Gasteiger partial charge in [0.2, 0.25) is 0 Å². The normalized spacial score (nSPS) is 13.1. The van der Waals surface area contributed by atoms with E-state index in [-0.39, 0.29) is 18.8 Å². The van der Waals surface area contributed by atoms with Crippen LogP contribution in [0.2, 0.25) is 0 Å². The molecule has 228 valence electrons. The Morgan fingerprint density at radius 3 is 1.93 bits per heavy atom. The van der Waals surface area contributed by atoms with Gasteiger partial charge in [0.15, 0.2) is 5.78 Å². The van der Waals surface area contributed by atoms with Crippen LogP contribution in [0.4, 0.5) is 0 Å². The Kier molecular flexibility index (Phi) is 9.87. The number of hydrogen-bond donors (Lipinski definition) is 5. The predicted octanol–water partition coefficient (Wildman–Crippen LogP) is 4.16. The fourth-order valence-electron chi connectivity index (χ4n) is 5.54. The Bertz CT molecular complexity index is 1470. The molecule has 0 spiro atoms. The Labute approximate surface area is 253 Å². The molecular formula is C35H43N3O5. The number of hydrogen-bond acceptors (Lipinski definition) is 7. The molecule has 0 aliphatic carbocycles. The quantitative estimate of drug-likeness (QED) is 0.140. The first-order valence-corrected chi connectivity index (χ1v) is 14.5. The molecule has 0 radical (unpaired) electrons. The van der Waals surface area contributed by atoms with Gasteiger partial charge in [0.25, 0.3) is 0 Å². The average Bonchev–Trinajstić information content (AvgIpc) is 3.55. The molecule has 0 fully saturated rings. The standard InChI is InChI=1S/C35H43N3O5/c1-33(2,24-11-7-5-8-12-24)27-15-16-29(43-22-35(19-39,20-40)21-41)31(34(3,4)25-13-9-6-10-14-25)30(27)32(42)28(36)17-26-18-37-23-38-26/h5-16,18,23,28,39-41H,17,19-22,36H2,1-4H3,(H,37,38)/t28-/m0/s1. The van der Waals surface area contributed by atoms with Gasteiger partial charge >= 0.3 is 0 Å². The molecule has 0 aliphatic heterocycles. The highest BCUT2D eigenvalue weighted by Crippen LogP contribution is 2.45. The van der Waals surface area contributed by atoms with Gasteiger partial charge in [-0.2, -0.15) is 0 Å². The smallest absolute Gasteiger partial charge is 0.180 e. The van der Waals surface area contributed by atoms with Crippen molar-refractivity contribution in [3.63, 3.8) is 0 Å². The number of rotatable bonds is 14. The van der Waals surface area contributed by atoms with Crippen LogP contribution in [-0.4, -0.2) is 63.5 Å². The lowest BCUT2D eigenvalue weighted by atomic mass is 9.68. The molecule has 4 rings (SSSR count). The SMILES string of the molecule is CC(C)(c1ccccc1)c1ccc(OCC(CO)(CO)CO)c(C(C)(C)c2ccccc2)c1C(=O)[C@@H](N)Cc1cnc[nH]1. The molecule has 1 heterocycles. The van der Waals surface area contributed by atoms with E-state index in [0.29, 0.717) is 16.9 Å². The molecule has 0 saturated heterocycles. The number of benzene rings is 3. The van der Waals surface area contributed by atoms with Crippen LogP contribution in [0.5, 0.6) is 5.75 Å². The third-order valence-electron chi connectivity index (χ3n) is 8.57. The number of ether oxygens (including phenoxy) is 1. The number of H-pyrrole nitrogens is 1. The van der Waals surface area contributed by atoms with Crippen LogP contribution >= 0.6 is 0 Å². The molecule has 43 heavy (non-hydrogen) atoms. The number of nitrogens with two attached hydrogens (primary N) is 1. The summed E-state index contributed by atoms with van der Waals surface area (Å²) in [7, 11) is 0. The molecule has 0 saturated carbocycles. The molecule has 0 bridgehead atoms. The van der Waals surface area contributed by atoms with Crippen molar-refractivity contribution in [2.75, 3.05) is 26.4 Å². The molecule has 1 atom stereocenters. The van der Waals surface area contributed by atoms with Crippen molar-refractivity contribution in [2.24, 2.45) is 11.1 Å². The number of Topliss-reactive ketones (excluding diaryl/α,β-unsaturated/α-hetero) is 1. The fourth-order valence-corrected chi connectivity index (χ4v) is 5.54. The zero-order valence-electron chi connectivity index (χ0n) is 25.4. The van der Waals surface area contributed by atoms with E-state index in [9.17, 15) is 20.1 Å². The summed E-state index contributed by atoms with van der Waals surface area (Å²) < 4.78 is 6.34. The van der Waals surface area contributed by atoms with Crippen molar-refractivity contribution in [3.05, 3.63) is 119 Å². The van der Waals surface area contributed by atoms with Crippen molar-refractivity contribution in [3.8, 4) is 5.75 Å². The van der Waals surface area contributed by atoms with Gasteiger partial charge in [0.1, 0.15) is 12.4 Å². The molecule has 0 amide bonds. The first kappa shape index (κ1) is 32.1. The largest absolute Gasteiger partial charge is 0.492 e. The summed E-state index contributed by atoms with van der Waals surface area (Å²) in [4.78, 5) is 21.8. The van der Waals surface area contributed by atoms with Crippen LogP contribution in [-0.2, 0) is 17.3 Å².